The molecule has 1 heterocycles. The maximum absolute atomic E-state index is 14.4. The third-order valence-electron chi connectivity index (χ3n) is 9.51. The maximum Gasteiger partial charge on any atom is 0.305 e. The highest BCUT2D eigenvalue weighted by atomic mass is 35.5. The summed E-state index contributed by atoms with van der Waals surface area (Å²) < 4.78 is 14.1. The minimum absolute atomic E-state index is 0.0448. The molecule has 2 aromatic carbocycles. The summed E-state index contributed by atoms with van der Waals surface area (Å²) >= 11 is 6.14. The summed E-state index contributed by atoms with van der Waals surface area (Å²) in [5.74, 6) is -1.53. The number of carbonyl (C=O) groups excluding carboxylic acids is 2. The molecule has 2 N–H and O–H groups in total. The Morgan fingerprint density at radius 3 is 2.42 bits per heavy atom. The Bertz CT molecular complexity index is 1370. The molecular formula is C34H43ClFN3O4. The zero-order valence-corrected chi connectivity index (χ0v) is 26.3. The zero-order valence-electron chi connectivity index (χ0n) is 25.6. The summed E-state index contributed by atoms with van der Waals surface area (Å²) in [5.41, 5.74) is 1.62. The van der Waals surface area contributed by atoms with Crippen LogP contribution in [0.5, 0.6) is 0 Å². The van der Waals surface area contributed by atoms with E-state index in [4.69, 9.17) is 21.7 Å². The van der Waals surface area contributed by atoms with Crippen molar-refractivity contribution in [3.05, 3.63) is 70.0 Å². The van der Waals surface area contributed by atoms with Crippen LogP contribution in [0.15, 0.2) is 47.5 Å². The van der Waals surface area contributed by atoms with E-state index in [1.54, 1.807) is 18.2 Å². The van der Waals surface area contributed by atoms with Gasteiger partial charge in [-0.2, -0.15) is 0 Å². The number of halogens is 2. The molecule has 2 amide bonds. The lowest BCUT2D eigenvalue weighted by atomic mass is 9.67. The van der Waals surface area contributed by atoms with Gasteiger partial charge in [0.25, 0.3) is 11.8 Å². The van der Waals surface area contributed by atoms with Crippen molar-refractivity contribution in [3.63, 3.8) is 0 Å². The first kappa shape index (κ1) is 32.6. The van der Waals surface area contributed by atoms with Crippen LogP contribution in [-0.4, -0.2) is 45.7 Å². The van der Waals surface area contributed by atoms with Crippen LogP contribution in [-0.2, 0) is 9.59 Å². The molecule has 1 saturated carbocycles. The molecule has 0 aromatic heterocycles. The summed E-state index contributed by atoms with van der Waals surface area (Å²) in [7, 11) is 0. The third-order valence-corrected chi connectivity index (χ3v) is 9.80. The van der Waals surface area contributed by atoms with Gasteiger partial charge < -0.3 is 15.3 Å². The van der Waals surface area contributed by atoms with Crippen LogP contribution in [0.3, 0.4) is 0 Å². The topological polar surface area (TPSA) is 99.1 Å². The van der Waals surface area contributed by atoms with Gasteiger partial charge in [0, 0.05) is 17.7 Å². The van der Waals surface area contributed by atoms with Gasteiger partial charge >= 0.3 is 5.97 Å². The first-order valence-electron chi connectivity index (χ1n) is 15.4. The molecule has 2 aliphatic rings. The Kier molecular flexibility index (Phi) is 10.3. The molecule has 0 bridgehead atoms. The largest absolute Gasteiger partial charge is 0.481 e. The van der Waals surface area contributed by atoms with E-state index < -0.39 is 17.4 Å². The Morgan fingerprint density at radius 2 is 1.84 bits per heavy atom. The minimum atomic E-state index is -0.976. The molecule has 232 valence electrons. The Morgan fingerprint density at radius 1 is 1.16 bits per heavy atom. The van der Waals surface area contributed by atoms with Gasteiger partial charge in [-0.15, -0.1) is 0 Å². The van der Waals surface area contributed by atoms with Crippen LogP contribution in [0, 0.1) is 17.2 Å². The lowest BCUT2D eigenvalue weighted by molar-refractivity contribution is -0.137. The molecule has 1 fully saturated rings. The number of benzene rings is 2. The second kappa shape index (κ2) is 13.6. The van der Waals surface area contributed by atoms with Crippen LogP contribution < -0.4 is 5.32 Å². The molecule has 2 aromatic rings. The monoisotopic (exact) mass is 611 g/mol. The molecule has 1 aliphatic heterocycles. The highest BCUT2D eigenvalue weighted by molar-refractivity contribution is 6.47. The fourth-order valence-electron chi connectivity index (χ4n) is 6.46. The first-order chi connectivity index (χ1) is 20.4. The van der Waals surface area contributed by atoms with Crippen molar-refractivity contribution in [1.29, 1.82) is 0 Å². The van der Waals surface area contributed by atoms with Gasteiger partial charge in [-0.05, 0) is 79.3 Å². The number of nitrogens with one attached hydrogen (secondary N) is 1. The summed E-state index contributed by atoms with van der Waals surface area (Å²) in [6, 6.07) is 11.3. The smallest absolute Gasteiger partial charge is 0.305 e. The molecule has 0 unspecified atom stereocenters. The Balaban J connectivity index is 1.70. The predicted molar refractivity (Wildman–Crippen MR) is 167 cm³/mol. The molecule has 9 heteroatoms. The minimum Gasteiger partial charge on any atom is -0.481 e. The lowest BCUT2D eigenvalue weighted by Gasteiger charge is -2.48. The van der Waals surface area contributed by atoms with Crippen molar-refractivity contribution in [2.24, 2.45) is 16.3 Å². The lowest BCUT2D eigenvalue weighted by Crippen LogP contribution is -2.51. The van der Waals surface area contributed by atoms with E-state index in [0.29, 0.717) is 22.8 Å². The van der Waals surface area contributed by atoms with E-state index in [-0.39, 0.29) is 41.3 Å². The van der Waals surface area contributed by atoms with Crippen LogP contribution in [0.25, 0.3) is 0 Å². The van der Waals surface area contributed by atoms with E-state index in [0.717, 1.165) is 56.9 Å². The molecule has 0 saturated heterocycles. The van der Waals surface area contributed by atoms with E-state index in [2.05, 4.69) is 33.0 Å². The molecule has 7 nitrogen and oxygen atoms in total. The third kappa shape index (κ3) is 7.11. The van der Waals surface area contributed by atoms with Crippen LogP contribution in [0.1, 0.15) is 113 Å². The van der Waals surface area contributed by atoms with Gasteiger partial charge in [0.1, 0.15) is 17.2 Å². The number of amides is 2. The number of carboxylic acids is 1. The second-order valence-corrected chi connectivity index (χ2v) is 13.0. The van der Waals surface area contributed by atoms with Crippen LogP contribution in [0.4, 0.5) is 4.39 Å². The standard InChI is InChI=1S/C34H43ClFN3O4/c1-5-7-8-28(22-9-11-23(12-10-22)31(42)37-20-17-29(40)41)39-32(43)30(24-13-14-27(36)26(35)21-24)38-34(39)18-15-25(16-19-34)33(3,4)6-2/h9-14,21,25,28H,5-8,15-20H2,1-4H3,(H,37,42)(H,40,41)/t25?,28-,34?/m1/s1. The number of carbonyl (C=O) groups is 3. The van der Waals surface area contributed by atoms with Gasteiger partial charge in [0.05, 0.1) is 17.5 Å². The molecule has 1 spiro atoms. The van der Waals surface area contributed by atoms with E-state index in [1.807, 2.05) is 17.0 Å². The van der Waals surface area contributed by atoms with Crippen molar-refractivity contribution >= 4 is 35.1 Å². The van der Waals surface area contributed by atoms with Crippen molar-refractivity contribution in [2.45, 2.75) is 97.2 Å². The van der Waals surface area contributed by atoms with Gasteiger partial charge in [0.2, 0.25) is 0 Å². The average Bonchev–Trinajstić information content (AvgIpc) is 3.26. The molecule has 43 heavy (non-hydrogen) atoms. The van der Waals surface area contributed by atoms with Crippen molar-refractivity contribution in [3.8, 4) is 0 Å². The summed E-state index contributed by atoms with van der Waals surface area (Å²) in [5, 5.41) is 11.5. The summed E-state index contributed by atoms with van der Waals surface area (Å²) in [4.78, 5) is 44.9. The van der Waals surface area contributed by atoms with Gasteiger partial charge in [-0.3, -0.25) is 19.4 Å². The Hall–Kier alpha value is -3.26. The number of hydrogen-bond acceptors (Lipinski definition) is 4. The molecule has 1 atom stereocenters. The summed E-state index contributed by atoms with van der Waals surface area (Å²) in [6.45, 7) is 9.01. The van der Waals surface area contributed by atoms with Crippen molar-refractivity contribution in [1.82, 2.24) is 10.2 Å². The quantitative estimate of drug-likeness (QED) is 0.259. The molecular weight excluding hydrogens is 569 g/mol. The predicted octanol–water partition coefficient (Wildman–Crippen LogP) is 7.57. The summed E-state index contributed by atoms with van der Waals surface area (Å²) in [6.07, 6.45) is 6.85. The fourth-order valence-corrected chi connectivity index (χ4v) is 6.64. The van der Waals surface area contributed by atoms with Gasteiger partial charge in [-0.25, -0.2) is 4.39 Å². The average molecular weight is 612 g/mol. The highest BCUT2D eigenvalue weighted by Gasteiger charge is 2.52. The van der Waals surface area contributed by atoms with Crippen molar-refractivity contribution < 1.29 is 23.9 Å². The fraction of sp³-hybridized carbons (Fsp3) is 0.529. The highest BCUT2D eigenvalue weighted by Crippen LogP contribution is 2.50. The number of carboxylic acid groups (broad SMARTS) is 1. The normalized spacial score (nSPS) is 21.2. The maximum atomic E-state index is 14.4. The van der Waals surface area contributed by atoms with E-state index in [1.165, 1.54) is 12.1 Å². The second-order valence-electron chi connectivity index (χ2n) is 12.5. The molecule has 1 aliphatic carbocycles. The van der Waals surface area contributed by atoms with Gasteiger partial charge in [0.15, 0.2) is 0 Å². The van der Waals surface area contributed by atoms with Crippen LogP contribution in [0.2, 0.25) is 5.02 Å². The molecule has 0 radical (unpaired) electrons. The molecule has 4 rings (SSSR count). The number of aliphatic carboxylic acids is 1. The first-order valence-corrected chi connectivity index (χ1v) is 15.8. The van der Waals surface area contributed by atoms with Gasteiger partial charge in [-0.1, -0.05) is 70.7 Å². The van der Waals surface area contributed by atoms with Crippen molar-refractivity contribution in [2.75, 3.05) is 6.54 Å². The Labute approximate surface area is 258 Å². The zero-order chi connectivity index (χ0) is 31.4. The number of nitrogens with zero attached hydrogens (tertiary/aromatic N) is 2. The number of rotatable bonds is 12. The van der Waals surface area contributed by atoms with E-state index >= 15 is 0 Å². The number of hydrogen-bond donors (Lipinski definition) is 2. The number of unbranched alkanes of at least 4 members (excludes halogenated alkanes) is 1. The SMILES string of the molecule is CCCC[C@H](c1ccc(C(=O)NCCC(=O)O)cc1)N1C(=O)C(c2ccc(F)c(Cl)c2)=NC12CCC(C(C)(C)CC)CC2. The number of aliphatic imine (C=N–C) groups is 1. The van der Waals surface area contributed by atoms with E-state index in [9.17, 15) is 18.8 Å². The van der Waals surface area contributed by atoms with Crippen LogP contribution >= 0.6 is 11.6 Å².